The number of sulfonamides is 1. The van der Waals surface area contributed by atoms with Gasteiger partial charge in [0.25, 0.3) is 16.0 Å². The van der Waals surface area contributed by atoms with Gasteiger partial charge in [0.2, 0.25) is 0 Å². The number of nitrogens with two attached hydrogens (primary N) is 1. The minimum absolute atomic E-state index is 0.0838. The van der Waals surface area contributed by atoms with E-state index in [1.165, 1.54) is 24.5 Å². The van der Waals surface area contributed by atoms with Crippen molar-refractivity contribution in [3.8, 4) is 11.8 Å². The third kappa shape index (κ3) is 3.50. The van der Waals surface area contributed by atoms with Crippen LogP contribution in [0.1, 0.15) is 5.56 Å². The maximum absolute atomic E-state index is 12.1. The van der Waals surface area contributed by atoms with E-state index >= 15 is 0 Å². The number of anilines is 1. The third-order valence-corrected chi connectivity index (χ3v) is 3.55. The van der Waals surface area contributed by atoms with Gasteiger partial charge in [-0.2, -0.15) is 5.10 Å². The zero-order valence-electron chi connectivity index (χ0n) is 10.3. The van der Waals surface area contributed by atoms with E-state index in [1.807, 2.05) is 0 Å². The Kier molecular flexibility index (Phi) is 4.24. The Bertz CT molecular complexity index is 733. The molecular weight excluding hydrogens is 278 g/mol. The second-order valence-corrected chi connectivity index (χ2v) is 5.28. The van der Waals surface area contributed by atoms with Gasteiger partial charge in [-0.05, 0) is 24.3 Å². The third-order valence-electron chi connectivity index (χ3n) is 2.21. The van der Waals surface area contributed by atoms with Crippen LogP contribution in [0.25, 0.3) is 0 Å². The molecule has 1 aromatic carbocycles. The van der Waals surface area contributed by atoms with Crippen LogP contribution in [0.15, 0.2) is 41.6 Å². The van der Waals surface area contributed by atoms with E-state index in [0.717, 1.165) is 0 Å². The summed E-state index contributed by atoms with van der Waals surface area (Å²) in [7, 11) is -3.74. The predicted molar refractivity (Wildman–Crippen MR) is 73.0 cm³/mol. The predicted octanol–water partition coefficient (Wildman–Crippen LogP) is -0.0174. The summed E-state index contributed by atoms with van der Waals surface area (Å²) < 4.78 is 26.3. The lowest BCUT2D eigenvalue weighted by molar-refractivity contribution is 0.600. The van der Waals surface area contributed by atoms with Crippen LogP contribution in [0.3, 0.4) is 0 Å². The number of nitrogens with one attached hydrogen (secondary N) is 1. The first kappa shape index (κ1) is 13.9. The number of rotatable bonds is 3. The van der Waals surface area contributed by atoms with Gasteiger partial charge in [0, 0.05) is 5.56 Å². The molecule has 20 heavy (non-hydrogen) atoms. The highest BCUT2D eigenvalue weighted by molar-refractivity contribution is 7.92. The van der Waals surface area contributed by atoms with Crippen LogP contribution in [0, 0.1) is 11.8 Å². The fraction of sp³-hybridized carbons (Fsp3) is 0.0833. The molecule has 0 saturated heterocycles. The van der Waals surface area contributed by atoms with Crippen LogP contribution in [-0.4, -0.2) is 30.1 Å². The average Bonchev–Trinajstić information content (AvgIpc) is 2.46. The Balaban J connectivity index is 2.22. The second kappa shape index (κ2) is 6.10. The van der Waals surface area contributed by atoms with E-state index in [1.54, 1.807) is 12.1 Å². The van der Waals surface area contributed by atoms with Gasteiger partial charge in [0.1, 0.15) is 0 Å². The van der Waals surface area contributed by atoms with Crippen molar-refractivity contribution in [3.05, 3.63) is 42.2 Å². The Morgan fingerprint density at radius 1 is 1.20 bits per heavy atom. The number of aromatic nitrogens is 3. The van der Waals surface area contributed by atoms with Gasteiger partial charge in [-0.25, -0.2) is 18.1 Å². The normalized spacial score (nSPS) is 10.4. The summed E-state index contributed by atoms with van der Waals surface area (Å²) in [5.41, 5.74) is 5.95. The molecule has 0 spiro atoms. The first-order valence-electron chi connectivity index (χ1n) is 5.57. The minimum atomic E-state index is -3.74. The van der Waals surface area contributed by atoms with Crippen LogP contribution in [0.5, 0.6) is 0 Å². The fourth-order valence-corrected chi connectivity index (χ4v) is 2.29. The molecule has 102 valence electrons. The van der Waals surface area contributed by atoms with Crippen LogP contribution >= 0.6 is 0 Å². The van der Waals surface area contributed by atoms with E-state index in [4.69, 9.17) is 5.73 Å². The molecule has 0 unspecified atom stereocenters. The Morgan fingerprint density at radius 2 is 1.95 bits per heavy atom. The molecule has 0 fully saturated rings. The molecule has 1 aromatic heterocycles. The maximum Gasteiger partial charge on any atom is 0.264 e. The SMILES string of the molecule is NCC#Cc1ccc(S(=O)(=O)Nc2nccnn2)cc1. The zero-order valence-corrected chi connectivity index (χ0v) is 11.1. The summed E-state index contributed by atoms with van der Waals surface area (Å²) >= 11 is 0. The van der Waals surface area contributed by atoms with Gasteiger partial charge in [-0.3, -0.25) is 0 Å². The standard InChI is InChI=1S/C12H11N5O2S/c13-7-1-2-10-3-5-11(6-4-10)20(18,19)17-12-14-8-9-15-16-12/h3-6,8-9H,7,13H2,(H,14,16,17). The molecule has 0 aliphatic carbocycles. The van der Waals surface area contributed by atoms with Gasteiger partial charge >= 0.3 is 0 Å². The summed E-state index contributed by atoms with van der Waals surface area (Å²) in [4.78, 5) is 3.83. The summed E-state index contributed by atoms with van der Waals surface area (Å²) in [6.07, 6.45) is 2.69. The molecule has 8 heteroatoms. The van der Waals surface area contributed by atoms with E-state index in [0.29, 0.717) is 5.56 Å². The van der Waals surface area contributed by atoms with Gasteiger partial charge in [0.05, 0.1) is 23.8 Å². The van der Waals surface area contributed by atoms with Crippen LogP contribution in [0.2, 0.25) is 0 Å². The van der Waals surface area contributed by atoms with Crippen molar-refractivity contribution in [1.82, 2.24) is 15.2 Å². The van der Waals surface area contributed by atoms with Crippen molar-refractivity contribution in [2.24, 2.45) is 5.73 Å². The van der Waals surface area contributed by atoms with E-state index in [2.05, 4.69) is 31.7 Å². The van der Waals surface area contributed by atoms with Crippen LogP contribution in [-0.2, 0) is 10.0 Å². The molecule has 2 rings (SSSR count). The van der Waals surface area contributed by atoms with Crippen LogP contribution < -0.4 is 10.5 Å². The molecule has 0 amide bonds. The Morgan fingerprint density at radius 3 is 2.55 bits per heavy atom. The van der Waals surface area contributed by atoms with Crippen LogP contribution in [0.4, 0.5) is 5.95 Å². The van der Waals surface area contributed by atoms with E-state index < -0.39 is 10.0 Å². The quantitative estimate of drug-likeness (QED) is 0.768. The highest BCUT2D eigenvalue weighted by Crippen LogP contribution is 2.13. The van der Waals surface area contributed by atoms with Crippen molar-refractivity contribution >= 4 is 16.0 Å². The highest BCUT2D eigenvalue weighted by Gasteiger charge is 2.15. The molecule has 0 bridgehead atoms. The van der Waals surface area contributed by atoms with E-state index in [9.17, 15) is 8.42 Å². The summed E-state index contributed by atoms with van der Waals surface area (Å²) in [6, 6.07) is 6.08. The molecular formula is C12H11N5O2S. The van der Waals surface area contributed by atoms with Gasteiger partial charge in [-0.1, -0.05) is 11.8 Å². The number of hydrogen-bond acceptors (Lipinski definition) is 6. The smallest absolute Gasteiger partial charge is 0.264 e. The van der Waals surface area contributed by atoms with Gasteiger partial charge in [0.15, 0.2) is 0 Å². The molecule has 0 radical (unpaired) electrons. The summed E-state index contributed by atoms with van der Waals surface area (Å²) in [6.45, 7) is 0.250. The van der Waals surface area contributed by atoms with Gasteiger partial charge < -0.3 is 5.73 Å². The molecule has 1 heterocycles. The van der Waals surface area contributed by atoms with Crippen molar-refractivity contribution in [2.75, 3.05) is 11.3 Å². The topological polar surface area (TPSA) is 111 Å². The fourth-order valence-electron chi connectivity index (χ4n) is 1.34. The molecule has 2 aromatic rings. The highest BCUT2D eigenvalue weighted by atomic mass is 32.2. The van der Waals surface area contributed by atoms with Crippen molar-refractivity contribution in [1.29, 1.82) is 0 Å². The monoisotopic (exact) mass is 289 g/mol. The molecule has 0 saturated carbocycles. The number of hydrogen-bond donors (Lipinski definition) is 2. The molecule has 0 atom stereocenters. The lowest BCUT2D eigenvalue weighted by atomic mass is 10.2. The van der Waals surface area contributed by atoms with Crippen molar-refractivity contribution in [2.45, 2.75) is 4.90 Å². The number of benzene rings is 1. The second-order valence-electron chi connectivity index (χ2n) is 3.60. The first-order valence-corrected chi connectivity index (χ1v) is 7.05. The Hall–Kier alpha value is -2.50. The van der Waals surface area contributed by atoms with Crippen molar-refractivity contribution in [3.63, 3.8) is 0 Å². The summed E-state index contributed by atoms with van der Waals surface area (Å²) in [5.74, 6) is 5.41. The number of nitrogens with zero attached hydrogens (tertiary/aromatic N) is 3. The molecule has 0 aliphatic heterocycles. The first-order chi connectivity index (χ1) is 9.62. The minimum Gasteiger partial charge on any atom is -0.320 e. The molecule has 0 aliphatic rings. The van der Waals surface area contributed by atoms with E-state index in [-0.39, 0.29) is 17.4 Å². The van der Waals surface area contributed by atoms with Crippen molar-refractivity contribution < 1.29 is 8.42 Å². The summed E-state index contributed by atoms with van der Waals surface area (Å²) in [5, 5.41) is 7.10. The molecule has 3 N–H and O–H groups in total. The zero-order chi connectivity index (χ0) is 14.4. The lowest BCUT2D eigenvalue weighted by Gasteiger charge is -2.05. The maximum atomic E-state index is 12.1. The van der Waals surface area contributed by atoms with Gasteiger partial charge in [-0.15, -0.1) is 5.10 Å². The molecule has 7 nitrogen and oxygen atoms in total. The largest absolute Gasteiger partial charge is 0.320 e. The average molecular weight is 289 g/mol. The lowest BCUT2D eigenvalue weighted by Crippen LogP contribution is -2.15. The Labute approximate surface area is 116 Å².